The van der Waals surface area contributed by atoms with Crippen molar-refractivity contribution in [1.82, 2.24) is 0 Å². The minimum atomic E-state index is 0.315. The zero-order valence-electron chi connectivity index (χ0n) is 8.39. The molecule has 0 nitrogen and oxygen atoms in total. The van der Waals surface area contributed by atoms with Crippen molar-refractivity contribution in [2.45, 2.75) is 32.1 Å². The Kier molecular flexibility index (Phi) is 3.98. The van der Waals surface area contributed by atoms with E-state index in [0.29, 0.717) is 5.41 Å². The van der Waals surface area contributed by atoms with E-state index in [-0.39, 0.29) is 0 Å². The Hall–Kier alpha value is -0.300. The van der Waals surface area contributed by atoms with Gasteiger partial charge in [-0.05, 0) is 23.8 Å². The first-order valence-electron chi connectivity index (χ1n) is 4.78. The van der Waals surface area contributed by atoms with E-state index in [0.717, 1.165) is 5.33 Å². The molecule has 0 bridgehead atoms. The van der Waals surface area contributed by atoms with Gasteiger partial charge < -0.3 is 0 Å². The van der Waals surface area contributed by atoms with Crippen LogP contribution in [0.25, 0.3) is 0 Å². The lowest BCUT2D eigenvalue weighted by molar-refractivity contribution is 0.476. The van der Waals surface area contributed by atoms with Gasteiger partial charge in [0.1, 0.15) is 0 Å². The number of alkyl halides is 1. The molecule has 0 radical (unpaired) electrons. The largest absolute Gasteiger partial charge is 0.0928 e. The molecule has 1 rings (SSSR count). The van der Waals surface area contributed by atoms with Gasteiger partial charge in [-0.25, -0.2) is 0 Å². The molecule has 0 fully saturated rings. The van der Waals surface area contributed by atoms with E-state index >= 15 is 0 Å². The third-order valence-corrected chi connectivity index (χ3v) is 3.05. The van der Waals surface area contributed by atoms with Crippen molar-refractivity contribution in [2.75, 3.05) is 5.33 Å². The SMILES string of the molecule is CC(C)(CCCBr)c1ccccc1. The van der Waals surface area contributed by atoms with Gasteiger partial charge in [-0.15, -0.1) is 0 Å². The van der Waals surface area contributed by atoms with Gasteiger partial charge in [0.25, 0.3) is 0 Å². The molecule has 13 heavy (non-hydrogen) atoms. The summed E-state index contributed by atoms with van der Waals surface area (Å²) in [5, 5.41) is 1.10. The van der Waals surface area contributed by atoms with E-state index in [1.807, 2.05) is 0 Å². The Labute approximate surface area is 89.5 Å². The second kappa shape index (κ2) is 4.80. The molecule has 0 aliphatic rings. The molecule has 1 heteroatoms. The fourth-order valence-electron chi connectivity index (χ4n) is 1.54. The lowest BCUT2D eigenvalue weighted by Crippen LogP contribution is -2.16. The van der Waals surface area contributed by atoms with Gasteiger partial charge in [0.05, 0.1) is 0 Å². The van der Waals surface area contributed by atoms with Gasteiger partial charge in [-0.3, -0.25) is 0 Å². The van der Waals surface area contributed by atoms with Crippen LogP contribution in [0.4, 0.5) is 0 Å². The van der Waals surface area contributed by atoms with E-state index in [4.69, 9.17) is 0 Å². The maximum atomic E-state index is 3.47. The number of halogens is 1. The Balaban J connectivity index is 2.69. The van der Waals surface area contributed by atoms with Crippen LogP contribution < -0.4 is 0 Å². The lowest BCUT2D eigenvalue weighted by atomic mass is 9.81. The van der Waals surface area contributed by atoms with Crippen molar-refractivity contribution in [2.24, 2.45) is 0 Å². The molecule has 0 amide bonds. The zero-order chi connectivity index (χ0) is 9.73. The van der Waals surface area contributed by atoms with Gasteiger partial charge >= 0.3 is 0 Å². The number of benzene rings is 1. The average Bonchev–Trinajstić information content (AvgIpc) is 2.16. The zero-order valence-corrected chi connectivity index (χ0v) is 9.97. The first-order valence-corrected chi connectivity index (χ1v) is 5.90. The highest BCUT2D eigenvalue weighted by atomic mass is 79.9. The normalized spacial score (nSPS) is 11.6. The summed E-state index contributed by atoms with van der Waals surface area (Å²) >= 11 is 3.47. The van der Waals surface area contributed by atoms with Crippen LogP contribution in [0.3, 0.4) is 0 Å². The Morgan fingerprint density at radius 2 is 1.77 bits per heavy atom. The van der Waals surface area contributed by atoms with E-state index in [2.05, 4.69) is 60.1 Å². The monoisotopic (exact) mass is 240 g/mol. The van der Waals surface area contributed by atoms with Crippen LogP contribution in [0.2, 0.25) is 0 Å². The molecule has 1 aromatic rings. The van der Waals surface area contributed by atoms with E-state index in [1.165, 1.54) is 18.4 Å². The summed E-state index contributed by atoms with van der Waals surface area (Å²) in [5.74, 6) is 0. The summed E-state index contributed by atoms with van der Waals surface area (Å²) in [7, 11) is 0. The molecule has 0 spiro atoms. The molecule has 0 atom stereocenters. The second-order valence-electron chi connectivity index (χ2n) is 4.04. The lowest BCUT2D eigenvalue weighted by Gasteiger charge is -2.24. The summed E-state index contributed by atoms with van der Waals surface area (Å²) in [5.41, 5.74) is 1.76. The van der Waals surface area contributed by atoms with Crippen LogP contribution in [-0.2, 0) is 5.41 Å². The Morgan fingerprint density at radius 3 is 2.31 bits per heavy atom. The smallest absolute Gasteiger partial charge is 0.00316 e. The molecule has 0 heterocycles. The molecule has 0 aliphatic heterocycles. The fraction of sp³-hybridized carbons (Fsp3) is 0.500. The minimum absolute atomic E-state index is 0.315. The van der Waals surface area contributed by atoms with Gasteiger partial charge in [-0.2, -0.15) is 0 Å². The van der Waals surface area contributed by atoms with Gasteiger partial charge in [0.2, 0.25) is 0 Å². The third-order valence-electron chi connectivity index (χ3n) is 2.49. The highest BCUT2D eigenvalue weighted by Crippen LogP contribution is 2.28. The maximum absolute atomic E-state index is 3.47. The molecule has 1 aromatic carbocycles. The number of hydrogen-bond donors (Lipinski definition) is 0. The molecule has 0 saturated heterocycles. The summed E-state index contributed by atoms with van der Waals surface area (Å²) < 4.78 is 0. The molecule has 72 valence electrons. The highest BCUT2D eigenvalue weighted by Gasteiger charge is 2.18. The molecular weight excluding hydrogens is 224 g/mol. The molecular formula is C12H17Br. The summed E-state index contributed by atoms with van der Waals surface area (Å²) in [6.07, 6.45) is 2.48. The Bertz CT molecular complexity index is 239. The van der Waals surface area contributed by atoms with Crippen LogP contribution in [0.15, 0.2) is 30.3 Å². The number of hydrogen-bond acceptors (Lipinski definition) is 0. The van der Waals surface area contributed by atoms with Gasteiger partial charge in [0.15, 0.2) is 0 Å². The first kappa shape index (κ1) is 10.8. The average molecular weight is 241 g/mol. The van der Waals surface area contributed by atoms with Crippen molar-refractivity contribution >= 4 is 15.9 Å². The van der Waals surface area contributed by atoms with Gasteiger partial charge in [-0.1, -0.05) is 60.1 Å². The maximum Gasteiger partial charge on any atom is 0.00316 e. The third kappa shape index (κ3) is 3.15. The summed E-state index contributed by atoms with van der Waals surface area (Å²) in [4.78, 5) is 0. The van der Waals surface area contributed by atoms with Crippen molar-refractivity contribution in [3.63, 3.8) is 0 Å². The van der Waals surface area contributed by atoms with Crippen LogP contribution in [0, 0.1) is 0 Å². The molecule has 0 aliphatic carbocycles. The van der Waals surface area contributed by atoms with E-state index < -0.39 is 0 Å². The van der Waals surface area contributed by atoms with E-state index in [9.17, 15) is 0 Å². The van der Waals surface area contributed by atoms with Crippen molar-refractivity contribution in [3.8, 4) is 0 Å². The van der Waals surface area contributed by atoms with E-state index in [1.54, 1.807) is 0 Å². The highest BCUT2D eigenvalue weighted by molar-refractivity contribution is 9.09. The van der Waals surface area contributed by atoms with Crippen molar-refractivity contribution in [3.05, 3.63) is 35.9 Å². The van der Waals surface area contributed by atoms with Crippen molar-refractivity contribution in [1.29, 1.82) is 0 Å². The Morgan fingerprint density at radius 1 is 1.15 bits per heavy atom. The topological polar surface area (TPSA) is 0 Å². The first-order chi connectivity index (χ1) is 6.17. The molecule has 0 saturated carbocycles. The fourth-order valence-corrected chi connectivity index (χ4v) is 1.82. The summed E-state index contributed by atoms with van der Waals surface area (Å²) in [6, 6.07) is 10.7. The van der Waals surface area contributed by atoms with Crippen LogP contribution in [0.1, 0.15) is 32.3 Å². The predicted molar refractivity (Wildman–Crippen MR) is 62.5 cm³/mol. The van der Waals surface area contributed by atoms with Crippen LogP contribution in [0.5, 0.6) is 0 Å². The predicted octanol–water partition coefficient (Wildman–Crippen LogP) is 4.14. The minimum Gasteiger partial charge on any atom is -0.0928 e. The number of rotatable bonds is 4. The second-order valence-corrected chi connectivity index (χ2v) is 4.84. The summed E-state index contributed by atoms with van der Waals surface area (Å²) in [6.45, 7) is 4.62. The molecule has 0 aromatic heterocycles. The van der Waals surface area contributed by atoms with Gasteiger partial charge in [0, 0.05) is 5.33 Å². The van der Waals surface area contributed by atoms with Crippen LogP contribution >= 0.6 is 15.9 Å². The molecule has 0 unspecified atom stereocenters. The standard InChI is InChI=1S/C12H17Br/c1-12(2,9-6-10-13)11-7-4-3-5-8-11/h3-5,7-8H,6,9-10H2,1-2H3. The quantitative estimate of drug-likeness (QED) is 0.695. The molecule has 0 N–H and O–H groups in total. The van der Waals surface area contributed by atoms with Crippen LogP contribution in [-0.4, -0.2) is 5.33 Å². The van der Waals surface area contributed by atoms with Crippen molar-refractivity contribution < 1.29 is 0 Å².